The molecule has 4 rings (SSSR count). The molecule has 0 aliphatic heterocycles. The lowest BCUT2D eigenvalue weighted by Gasteiger charge is -2.00. The van der Waals surface area contributed by atoms with Crippen LogP contribution in [0.25, 0.3) is 28.1 Å². The molecule has 3 nitrogen and oxygen atoms in total. The first-order valence-corrected chi connectivity index (χ1v) is 7.01. The standard InChI is InChI=1S/C18H15N3.ClH/c1-2-12-20-16-10-6-7-11-17(16)21-13-15(19-18(20)21)14-8-4-3-5-9-14;/h2-11,13H,1,12H2;1H. The van der Waals surface area contributed by atoms with Crippen molar-refractivity contribution in [1.82, 2.24) is 14.0 Å². The smallest absolute Gasteiger partial charge is 0.215 e. The Labute approximate surface area is 134 Å². The van der Waals surface area contributed by atoms with Gasteiger partial charge in [0.15, 0.2) is 0 Å². The van der Waals surface area contributed by atoms with Gasteiger partial charge in [-0.1, -0.05) is 48.5 Å². The molecule has 0 atom stereocenters. The van der Waals surface area contributed by atoms with Gasteiger partial charge in [-0.05, 0) is 12.1 Å². The molecular weight excluding hydrogens is 294 g/mol. The molecule has 110 valence electrons. The van der Waals surface area contributed by atoms with E-state index >= 15 is 0 Å². The molecule has 0 spiro atoms. The van der Waals surface area contributed by atoms with E-state index in [-0.39, 0.29) is 12.4 Å². The number of hydrogen-bond acceptors (Lipinski definition) is 1. The lowest BCUT2D eigenvalue weighted by Crippen LogP contribution is -1.95. The van der Waals surface area contributed by atoms with Crippen LogP contribution < -0.4 is 0 Å². The number of imidazole rings is 2. The summed E-state index contributed by atoms with van der Waals surface area (Å²) >= 11 is 0. The van der Waals surface area contributed by atoms with Gasteiger partial charge in [-0.2, -0.15) is 0 Å². The summed E-state index contributed by atoms with van der Waals surface area (Å²) in [6, 6.07) is 18.6. The average Bonchev–Trinajstić information content (AvgIpc) is 3.08. The van der Waals surface area contributed by atoms with Crippen LogP contribution in [0.4, 0.5) is 0 Å². The fraction of sp³-hybridized carbons (Fsp3) is 0.0556. The Kier molecular flexibility index (Phi) is 3.73. The zero-order valence-corrected chi connectivity index (χ0v) is 12.8. The average molecular weight is 310 g/mol. The molecule has 4 heteroatoms. The van der Waals surface area contributed by atoms with Crippen LogP contribution in [0.2, 0.25) is 0 Å². The highest BCUT2D eigenvalue weighted by molar-refractivity contribution is 5.85. The molecule has 0 radical (unpaired) electrons. The van der Waals surface area contributed by atoms with Gasteiger partial charge in [-0.15, -0.1) is 19.0 Å². The quantitative estimate of drug-likeness (QED) is 0.508. The van der Waals surface area contributed by atoms with Crippen molar-refractivity contribution in [3.05, 3.63) is 73.4 Å². The molecule has 0 amide bonds. The van der Waals surface area contributed by atoms with Gasteiger partial charge in [0.1, 0.15) is 0 Å². The van der Waals surface area contributed by atoms with Crippen LogP contribution in [0.15, 0.2) is 73.4 Å². The van der Waals surface area contributed by atoms with E-state index in [1.165, 1.54) is 11.0 Å². The van der Waals surface area contributed by atoms with Gasteiger partial charge < -0.3 is 4.57 Å². The van der Waals surface area contributed by atoms with E-state index in [9.17, 15) is 0 Å². The minimum Gasteiger partial charge on any atom is -0.306 e. The second-order valence-electron chi connectivity index (χ2n) is 5.05. The van der Waals surface area contributed by atoms with Crippen LogP contribution in [0.1, 0.15) is 0 Å². The fourth-order valence-corrected chi connectivity index (χ4v) is 2.80. The largest absolute Gasteiger partial charge is 0.306 e. The molecule has 0 aliphatic carbocycles. The normalized spacial score (nSPS) is 10.7. The highest BCUT2D eigenvalue weighted by Crippen LogP contribution is 2.25. The molecule has 0 bridgehead atoms. The summed E-state index contributed by atoms with van der Waals surface area (Å²) in [6.45, 7) is 4.61. The highest BCUT2D eigenvalue weighted by atomic mass is 35.5. The summed E-state index contributed by atoms with van der Waals surface area (Å²) in [4.78, 5) is 4.82. The Bertz CT molecular complexity index is 935. The van der Waals surface area contributed by atoms with Crippen molar-refractivity contribution in [2.75, 3.05) is 0 Å². The van der Waals surface area contributed by atoms with Crippen LogP contribution in [0.5, 0.6) is 0 Å². The van der Waals surface area contributed by atoms with E-state index in [1.54, 1.807) is 0 Å². The summed E-state index contributed by atoms with van der Waals surface area (Å²) in [6.07, 6.45) is 4.01. The Balaban J connectivity index is 0.00000144. The van der Waals surface area contributed by atoms with Crippen LogP contribution in [0.3, 0.4) is 0 Å². The van der Waals surface area contributed by atoms with Gasteiger partial charge in [0, 0.05) is 18.3 Å². The van der Waals surface area contributed by atoms with Gasteiger partial charge in [-0.3, -0.25) is 4.40 Å². The monoisotopic (exact) mass is 309 g/mol. The Morgan fingerprint density at radius 3 is 2.36 bits per heavy atom. The molecule has 0 unspecified atom stereocenters. The second kappa shape index (κ2) is 5.70. The zero-order chi connectivity index (χ0) is 14.2. The maximum Gasteiger partial charge on any atom is 0.215 e. The van der Waals surface area contributed by atoms with Crippen molar-refractivity contribution in [1.29, 1.82) is 0 Å². The molecule has 2 heterocycles. The van der Waals surface area contributed by atoms with E-state index in [1.807, 2.05) is 24.3 Å². The summed E-state index contributed by atoms with van der Waals surface area (Å²) < 4.78 is 4.34. The predicted octanol–water partition coefficient (Wildman–Crippen LogP) is 4.56. The van der Waals surface area contributed by atoms with Crippen LogP contribution >= 0.6 is 12.4 Å². The van der Waals surface area contributed by atoms with Crippen molar-refractivity contribution in [2.45, 2.75) is 6.54 Å². The maximum absolute atomic E-state index is 4.82. The number of para-hydroxylation sites is 2. The number of aromatic nitrogens is 3. The molecule has 22 heavy (non-hydrogen) atoms. The summed E-state index contributed by atoms with van der Waals surface area (Å²) in [5.41, 5.74) is 4.48. The molecule has 4 aromatic rings. The third kappa shape index (κ3) is 2.11. The van der Waals surface area contributed by atoms with Gasteiger partial charge in [0.05, 0.1) is 16.7 Å². The first-order chi connectivity index (χ1) is 10.4. The summed E-state index contributed by atoms with van der Waals surface area (Å²) in [5.74, 6) is 0.954. The second-order valence-corrected chi connectivity index (χ2v) is 5.05. The van der Waals surface area contributed by atoms with Gasteiger partial charge in [0.25, 0.3) is 0 Å². The van der Waals surface area contributed by atoms with Crippen molar-refractivity contribution in [3.63, 3.8) is 0 Å². The predicted molar refractivity (Wildman–Crippen MR) is 93.6 cm³/mol. The summed E-state index contributed by atoms with van der Waals surface area (Å²) in [5, 5.41) is 0. The van der Waals surface area contributed by atoms with E-state index < -0.39 is 0 Å². The molecule has 0 N–H and O–H groups in total. The van der Waals surface area contributed by atoms with Crippen molar-refractivity contribution in [3.8, 4) is 11.3 Å². The highest BCUT2D eigenvalue weighted by Gasteiger charge is 2.13. The molecule has 0 saturated carbocycles. The fourth-order valence-electron chi connectivity index (χ4n) is 2.80. The van der Waals surface area contributed by atoms with Crippen LogP contribution in [0, 0.1) is 0 Å². The number of halogens is 1. The van der Waals surface area contributed by atoms with Crippen molar-refractivity contribution >= 4 is 29.2 Å². The van der Waals surface area contributed by atoms with E-state index in [2.05, 4.69) is 58.1 Å². The Hall–Kier alpha value is -2.52. The zero-order valence-electron chi connectivity index (χ0n) is 12.0. The van der Waals surface area contributed by atoms with E-state index in [4.69, 9.17) is 4.98 Å². The first-order valence-electron chi connectivity index (χ1n) is 7.01. The SMILES string of the molecule is C=CCn1c2ccccc2n2cc(-c3ccccc3)nc12.Cl. The number of rotatable bonds is 3. The van der Waals surface area contributed by atoms with Gasteiger partial charge >= 0.3 is 0 Å². The molecule has 0 fully saturated rings. The Morgan fingerprint density at radius 1 is 0.955 bits per heavy atom. The third-order valence-electron chi connectivity index (χ3n) is 3.74. The number of fused-ring (bicyclic) bond motifs is 3. The first kappa shape index (κ1) is 14.4. The lowest BCUT2D eigenvalue weighted by atomic mass is 10.2. The summed E-state index contributed by atoms with van der Waals surface area (Å²) in [7, 11) is 0. The molecule has 0 saturated heterocycles. The maximum atomic E-state index is 4.82. The minimum atomic E-state index is 0. The van der Waals surface area contributed by atoms with Crippen LogP contribution in [-0.2, 0) is 6.54 Å². The van der Waals surface area contributed by atoms with Gasteiger partial charge in [0.2, 0.25) is 5.78 Å². The molecule has 2 aromatic carbocycles. The van der Waals surface area contributed by atoms with Crippen LogP contribution in [-0.4, -0.2) is 14.0 Å². The molecule has 0 aliphatic rings. The van der Waals surface area contributed by atoms with Gasteiger partial charge in [-0.25, -0.2) is 4.98 Å². The van der Waals surface area contributed by atoms with E-state index in [0.29, 0.717) is 0 Å². The number of allylic oxidation sites excluding steroid dienone is 1. The minimum absolute atomic E-state index is 0. The van der Waals surface area contributed by atoms with Crippen molar-refractivity contribution < 1.29 is 0 Å². The lowest BCUT2D eigenvalue weighted by molar-refractivity contribution is 0.874. The molecular formula is C18H16ClN3. The number of benzene rings is 2. The number of nitrogens with zero attached hydrogens (tertiary/aromatic N) is 3. The third-order valence-corrected chi connectivity index (χ3v) is 3.74. The topological polar surface area (TPSA) is 22.2 Å². The number of hydrogen-bond donors (Lipinski definition) is 0. The van der Waals surface area contributed by atoms with E-state index in [0.717, 1.165) is 23.6 Å². The van der Waals surface area contributed by atoms with Crippen molar-refractivity contribution in [2.24, 2.45) is 0 Å². The Morgan fingerprint density at radius 2 is 1.64 bits per heavy atom. The molecule has 2 aromatic heterocycles.